The van der Waals surface area contributed by atoms with E-state index in [2.05, 4.69) is 4.98 Å². The van der Waals surface area contributed by atoms with Crippen molar-refractivity contribution in [2.75, 3.05) is 20.7 Å². The Bertz CT molecular complexity index is 670. The van der Waals surface area contributed by atoms with Crippen LogP contribution in [0.15, 0.2) is 53.6 Å². The molecular weight excluding hydrogens is 288 g/mol. The number of methoxy groups -OCH3 is 1. The summed E-state index contributed by atoms with van der Waals surface area (Å²) in [7, 11) is -0.337. The van der Waals surface area contributed by atoms with E-state index in [1.165, 1.54) is 4.31 Å². The van der Waals surface area contributed by atoms with Crippen LogP contribution >= 0.6 is 0 Å². The fourth-order valence-corrected chi connectivity index (χ4v) is 3.08. The topological polar surface area (TPSA) is 60.8 Å². The SMILES string of the molecule is COc1ccc(S(=O)(=O)N(C)CCc2cccc[nH+]2)cc1. The van der Waals surface area contributed by atoms with E-state index in [9.17, 15) is 8.42 Å². The highest BCUT2D eigenvalue weighted by atomic mass is 32.2. The number of hydrogen-bond donors (Lipinski definition) is 0. The molecular formula is C15H19N2O3S+. The number of aromatic nitrogens is 1. The van der Waals surface area contributed by atoms with E-state index < -0.39 is 10.0 Å². The number of hydrogen-bond acceptors (Lipinski definition) is 3. The van der Waals surface area contributed by atoms with Gasteiger partial charge in [-0.15, -0.1) is 0 Å². The van der Waals surface area contributed by atoms with Crippen LogP contribution in [0, 0.1) is 0 Å². The lowest BCUT2D eigenvalue weighted by Crippen LogP contribution is -2.30. The van der Waals surface area contributed by atoms with Crippen LogP contribution in [0.2, 0.25) is 0 Å². The summed E-state index contributed by atoms with van der Waals surface area (Å²) in [6.45, 7) is 0.412. The molecule has 1 aromatic carbocycles. The Labute approximate surface area is 125 Å². The molecule has 1 heterocycles. The maximum atomic E-state index is 12.4. The van der Waals surface area contributed by atoms with Crippen LogP contribution in [0.5, 0.6) is 5.75 Å². The van der Waals surface area contributed by atoms with Gasteiger partial charge in [0.2, 0.25) is 10.0 Å². The summed E-state index contributed by atoms with van der Waals surface area (Å²) in [6, 6.07) is 12.1. The summed E-state index contributed by atoms with van der Waals surface area (Å²) < 4.78 is 31.2. The van der Waals surface area contributed by atoms with Crippen LogP contribution < -0.4 is 9.72 Å². The summed E-state index contributed by atoms with van der Waals surface area (Å²) in [5.74, 6) is 0.635. The third-order valence-electron chi connectivity index (χ3n) is 3.24. The minimum atomic E-state index is -3.47. The zero-order chi connectivity index (χ0) is 15.3. The fraction of sp³-hybridized carbons (Fsp3) is 0.267. The van der Waals surface area contributed by atoms with E-state index in [4.69, 9.17) is 4.74 Å². The van der Waals surface area contributed by atoms with Crippen LogP contribution in [0.4, 0.5) is 0 Å². The number of ether oxygens (including phenoxy) is 1. The van der Waals surface area contributed by atoms with Crippen molar-refractivity contribution in [3.05, 3.63) is 54.4 Å². The molecule has 0 saturated carbocycles. The van der Waals surface area contributed by atoms with Crippen LogP contribution in [-0.4, -0.2) is 33.4 Å². The number of nitrogens with zero attached hydrogens (tertiary/aromatic N) is 1. The number of H-pyrrole nitrogens is 1. The van der Waals surface area contributed by atoms with Crippen molar-refractivity contribution in [1.29, 1.82) is 0 Å². The Morgan fingerprint density at radius 1 is 1.14 bits per heavy atom. The second-order valence-corrected chi connectivity index (χ2v) is 6.68. The molecule has 0 bridgehead atoms. The average molecular weight is 307 g/mol. The van der Waals surface area contributed by atoms with Crippen LogP contribution in [-0.2, 0) is 16.4 Å². The van der Waals surface area contributed by atoms with Gasteiger partial charge in [0.1, 0.15) is 5.75 Å². The van der Waals surface area contributed by atoms with Gasteiger partial charge in [-0.25, -0.2) is 17.7 Å². The normalized spacial score (nSPS) is 11.6. The maximum absolute atomic E-state index is 12.4. The van der Waals surface area contributed by atoms with E-state index in [1.54, 1.807) is 38.4 Å². The third-order valence-corrected chi connectivity index (χ3v) is 5.11. The molecule has 0 atom stereocenters. The molecule has 0 spiro atoms. The molecule has 2 rings (SSSR count). The first-order chi connectivity index (χ1) is 10.0. The van der Waals surface area contributed by atoms with Gasteiger partial charge in [-0.05, 0) is 24.3 Å². The van der Waals surface area contributed by atoms with Crippen LogP contribution in [0.1, 0.15) is 5.69 Å². The minimum Gasteiger partial charge on any atom is -0.497 e. The highest BCUT2D eigenvalue weighted by Crippen LogP contribution is 2.18. The van der Waals surface area contributed by atoms with Crippen molar-refractivity contribution in [3.8, 4) is 5.75 Å². The number of likely N-dealkylation sites (N-methyl/N-ethyl adjacent to an activating group) is 1. The van der Waals surface area contributed by atoms with Crippen molar-refractivity contribution in [1.82, 2.24) is 4.31 Å². The molecule has 0 amide bonds. The van der Waals surface area contributed by atoms with E-state index in [0.717, 1.165) is 5.69 Å². The van der Waals surface area contributed by atoms with Gasteiger partial charge in [-0.2, -0.15) is 0 Å². The smallest absolute Gasteiger partial charge is 0.242 e. The van der Waals surface area contributed by atoms with Crippen molar-refractivity contribution < 1.29 is 18.1 Å². The molecule has 0 aliphatic carbocycles. The van der Waals surface area contributed by atoms with E-state index >= 15 is 0 Å². The molecule has 6 heteroatoms. The Morgan fingerprint density at radius 2 is 1.86 bits per heavy atom. The first-order valence-electron chi connectivity index (χ1n) is 6.60. The van der Waals surface area contributed by atoms with Gasteiger partial charge in [-0.1, -0.05) is 6.07 Å². The molecule has 0 aliphatic rings. The quantitative estimate of drug-likeness (QED) is 0.810. The number of rotatable bonds is 6. The maximum Gasteiger partial charge on any atom is 0.242 e. The monoisotopic (exact) mass is 307 g/mol. The van der Waals surface area contributed by atoms with Crippen molar-refractivity contribution in [3.63, 3.8) is 0 Å². The fourth-order valence-electron chi connectivity index (χ4n) is 1.91. The summed E-state index contributed by atoms with van der Waals surface area (Å²) in [5.41, 5.74) is 0.995. The van der Waals surface area contributed by atoms with Crippen molar-refractivity contribution >= 4 is 10.0 Å². The van der Waals surface area contributed by atoms with E-state index in [1.807, 2.05) is 24.4 Å². The lowest BCUT2D eigenvalue weighted by molar-refractivity contribution is -0.390. The molecule has 0 aliphatic heterocycles. The van der Waals surface area contributed by atoms with Gasteiger partial charge in [0, 0.05) is 32.1 Å². The van der Waals surface area contributed by atoms with E-state index in [-0.39, 0.29) is 4.90 Å². The average Bonchev–Trinajstić information content (AvgIpc) is 2.53. The largest absolute Gasteiger partial charge is 0.497 e. The summed E-state index contributed by atoms with van der Waals surface area (Å²) >= 11 is 0. The zero-order valence-electron chi connectivity index (χ0n) is 12.1. The number of nitrogens with one attached hydrogen (secondary N) is 1. The van der Waals surface area contributed by atoms with Gasteiger partial charge in [0.25, 0.3) is 0 Å². The number of sulfonamides is 1. The van der Waals surface area contributed by atoms with E-state index in [0.29, 0.717) is 18.7 Å². The highest BCUT2D eigenvalue weighted by Gasteiger charge is 2.21. The summed E-state index contributed by atoms with van der Waals surface area (Å²) in [4.78, 5) is 3.36. The molecule has 0 fully saturated rings. The first-order valence-corrected chi connectivity index (χ1v) is 8.04. The van der Waals surface area contributed by atoms with Crippen molar-refractivity contribution in [2.45, 2.75) is 11.3 Å². The Kier molecular flexibility index (Phi) is 4.93. The zero-order valence-corrected chi connectivity index (χ0v) is 12.9. The minimum absolute atomic E-state index is 0.267. The van der Waals surface area contributed by atoms with Crippen molar-refractivity contribution in [2.24, 2.45) is 0 Å². The molecule has 2 aromatic rings. The second kappa shape index (κ2) is 6.69. The lowest BCUT2D eigenvalue weighted by Gasteiger charge is -2.16. The van der Waals surface area contributed by atoms with Crippen LogP contribution in [0.3, 0.4) is 0 Å². The Balaban J connectivity index is 2.07. The van der Waals surface area contributed by atoms with Gasteiger partial charge in [0.15, 0.2) is 11.9 Å². The molecule has 1 aromatic heterocycles. The number of aromatic amines is 1. The molecule has 1 N–H and O–H groups in total. The van der Waals surface area contributed by atoms with Gasteiger partial charge in [0.05, 0.1) is 12.0 Å². The molecule has 5 nitrogen and oxygen atoms in total. The molecule has 21 heavy (non-hydrogen) atoms. The number of benzene rings is 1. The predicted octanol–water partition coefficient (Wildman–Crippen LogP) is 1.37. The standard InChI is InChI=1S/C15H18N2O3S/c1-17(12-10-13-5-3-4-11-16-13)21(18,19)15-8-6-14(20-2)7-9-15/h3-9,11H,10,12H2,1-2H3/p+1. The third kappa shape index (κ3) is 3.80. The Hall–Kier alpha value is -1.92. The predicted molar refractivity (Wildman–Crippen MR) is 79.5 cm³/mol. The first kappa shape index (κ1) is 15.5. The second-order valence-electron chi connectivity index (χ2n) is 4.64. The highest BCUT2D eigenvalue weighted by molar-refractivity contribution is 7.89. The van der Waals surface area contributed by atoms with Crippen LogP contribution in [0.25, 0.3) is 0 Å². The molecule has 0 saturated heterocycles. The molecule has 112 valence electrons. The molecule has 0 unspecified atom stereocenters. The molecule has 0 radical (unpaired) electrons. The van der Waals surface area contributed by atoms with Gasteiger partial charge < -0.3 is 4.74 Å². The van der Waals surface area contributed by atoms with Gasteiger partial charge >= 0.3 is 0 Å². The summed E-state index contributed by atoms with van der Waals surface area (Å²) in [5, 5.41) is 0. The summed E-state index contributed by atoms with van der Waals surface area (Å²) in [6.07, 6.45) is 2.46. The lowest BCUT2D eigenvalue weighted by atomic mass is 10.3. The number of pyridine rings is 1. The van der Waals surface area contributed by atoms with Gasteiger partial charge in [-0.3, -0.25) is 0 Å². The Morgan fingerprint density at radius 3 is 2.43 bits per heavy atom.